The maximum Gasteiger partial charge on any atom is 0.273 e. The number of nitrogens with zero attached hydrogens (tertiary/aromatic N) is 1. The van der Waals surface area contributed by atoms with Gasteiger partial charge in [0.2, 0.25) is 0 Å². The summed E-state index contributed by atoms with van der Waals surface area (Å²) in [6, 6.07) is 0. The average molecular weight is 139 g/mol. The van der Waals surface area contributed by atoms with E-state index in [1.807, 2.05) is 6.08 Å². The lowest BCUT2D eigenvalue weighted by atomic mass is 10.2. The van der Waals surface area contributed by atoms with Gasteiger partial charge in [-0.25, -0.2) is 5.06 Å². The van der Waals surface area contributed by atoms with E-state index in [1.54, 1.807) is 12.2 Å². The first-order valence-electron chi connectivity index (χ1n) is 3.04. The van der Waals surface area contributed by atoms with E-state index in [-0.39, 0.29) is 5.91 Å². The molecule has 0 heterocycles. The number of amides is 1. The second-order valence-corrected chi connectivity index (χ2v) is 2.15. The molecule has 0 atom stereocenters. The van der Waals surface area contributed by atoms with E-state index >= 15 is 0 Å². The molecule has 0 saturated heterocycles. The van der Waals surface area contributed by atoms with Crippen molar-refractivity contribution in [1.82, 2.24) is 5.06 Å². The van der Waals surface area contributed by atoms with E-state index in [0.717, 1.165) is 0 Å². The lowest BCUT2D eigenvalue weighted by Crippen LogP contribution is -2.23. The van der Waals surface area contributed by atoms with Crippen molar-refractivity contribution in [3.63, 3.8) is 0 Å². The molecule has 10 heavy (non-hydrogen) atoms. The van der Waals surface area contributed by atoms with E-state index in [2.05, 4.69) is 0 Å². The summed E-state index contributed by atoms with van der Waals surface area (Å²) in [4.78, 5) is 10.9. The Balaban J connectivity index is 2.59. The third-order valence-electron chi connectivity index (χ3n) is 1.34. The third kappa shape index (κ3) is 1.25. The minimum Gasteiger partial charge on any atom is -0.286 e. The highest BCUT2D eigenvalue weighted by atomic mass is 16.5. The highest BCUT2D eigenvalue weighted by Crippen LogP contribution is 2.11. The van der Waals surface area contributed by atoms with Gasteiger partial charge in [0.05, 0.1) is 0 Å². The predicted molar refractivity (Wildman–Crippen MR) is 36.4 cm³/mol. The Morgan fingerprint density at radius 3 is 2.90 bits per heavy atom. The molecule has 0 aromatic rings. The highest BCUT2D eigenvalue weighted by molar-refractivity contribution is 5.93. The van der Waals surface area contributed by atoms with Crippen LogP contribution in [0, 0.1) is 0 Å². The van der Waals surface area contributed by atoms with Gasteiger partial charge in [-0.05, 0) is 6.42 Å². The first kappa shape index (κ1) is 7.02. The molecule has 1 rings (SSSR count). The summed E-state index contributed by atoms with van der Waals surface area (Å²) >= 11 is 0. The van der Waals surface area contributed by atoms with Crippen LogP contribution in [0.2, 0.25) is 0 Å². The van der Waals surface area contributed by atoms with Gasteiger partial charge in [0.15, 0.2) is 0 Å². The Hall–Kier alpha value is -1.09. The van der Waals surface area contributed by atoms with E-state index in [0.29, 0.717) is 17.1 Å². The number of hydroxylamine groups is 2. The van der Waals surface area contributed by atoms with E-state index in [9.17, 15) is 4.79 Å². The molecule has 0 aromatic heterocycles. The van der Waals surface area contributed by atoms with Crippen molar-refractivity contribution >= 4 is 5.91 Å². The summed E-state index contributed by atoms with van der Waals surface area (Å²) in [6.45, 7) is 0. The number of rotatable bonds is 1. The van der Waals surface area contributed by atoms with Gasteiger partial charge in [-0.15, -0.1) is 0 Å². The molecule has 1 N–H and O–H groups in total. The van der Waals surface area contributed by atoms with Crippen molar-refractivity contribution in [3.8, 4) is 0 Å². The van der Waals surface area contributed by atoms with Crippen LogP contribution < -0.4 is 0 Å². The molecule has 0 fully saturated rings. The Labute approximate surface area is 59.2 Å². The quantitative estimate of drug-likeness (QED) is 0.429. The van der Waals surface area contributed by atoms with Crippen LogP contribution in [0.3, 0.4) is 0 Å². The summed E-state index contributed by atoms with van der Waals surface area (Å²) in [5.74, 6) is -0.329. The predicted octanol–water partition coefficient (Wildman–Crippen LogP) is 0.720. The zero-order valence-corrected chi connectivity index (χ0v) is 5.74. The molecule has 0 aromatic carbocycles. The SMILES string of the molecule is CN(O)C(=O)C1=CC=CC1. The standard InChI is InChI=1S/C7H9NO2/c1-8(10)7(9)6-4-2-3-5-6/h2-4,10H,5H2,1H3. The molecule has 0 saturated carbocycles. The normalized spacial score (nSPS) is 15.2. The molecule has 1 amide bonds. The number of carbonyl (C=O) groups excluding carboxylic acids is 1. The lowest BCUT2D eigenvalue weighted by molar-refractivity contribution is -0.154. The van der Waals surface area contributed by atoms with Crippen molar-refractivity contribution in [2.45, 2.75) is 6.42 Å². The molecule has 0 bridgehead atoms. The highest BCUT2D eigenvalue weighted by Gasteiger charge is 2.12. The van der Waals surface area contributed by atoms with E-state index < -0.39 is 0 Å². The topological polar surface area (TPSA) is 40.5 Å². The Morgan fingerprint density at radius 2 is 2.50 bits per heavy atom. The summed E-state index contributed by atoms with van der Waals surface area (Å²) in [5.41, 5.74) is 0.630. The van der Waals surface area contributed by atoms with Gasteiger partial charge < -0.3 is 0 Å². The Morgan fingerprint density at radius 1 is 1.80 bits per heavy atom. The molecular weight excluding hydrogens is 130 g/mol. The van der Waals surface area contributed by atoms with Gasteiger partial charge in [0.1, 0.15) is 0 Å². The molecule has 0 radical (unpaired) electrons. The van der Waals surface area contributed by atoms with Gasteiger partial charge in [-0.2, -0.15) is 0 Å². The van der Waals surface area contributed by atoms with Crippen LogP contribution in [-0.4, -0.2) is 23.2 Å². The molecule has 54 valence electrons. The van der Waals surface area contributed by atoms with E-state index in [1.165, 1.54) is 7.05 Å². The Kier molecular flexibility index (Phi) is 1.87. The minimum absolute atomic E-state index is 0.329. The molecule has 1 aliphatic carbocycles. The molecular formula is C7H9NO2. The van der Waals surface area contributed by atoms with Gasteiger partial charge in [-0.1, -0.05) is 18.2 Å². The van der Waals surface area contributed by atoms with Crippen LogP contribution in [-0.2, 0) is 4.79 Å². The smallest absolute Gasteiger partial charge is 0.273 e. The number of allylic oxidation sites excluding steroid dienone is 3. The van der Waals surface area contributed by atoms with Crippen LogP contribution in [0.25, 0.3) is 0 Å². The Bertz CT molecular complexity index is 204. The molecule has 3 nitrogen and oxygen atoms in total. The van der Waals surface area contributed by atoms with Crippen molar-refractivity contribution in [2.24, 2.45) is 0 Å². The summed E-state index contributed by atoms with van der Waals surface area (Å²) in [7, 11) is 1.32. The van der Waals surface area contributed by atoms with Crippen LogP contribution >= 0.6 is 0 Å². The maximum atomic E-state index is 10.9. The zero-order valence-electron chi connectivity index (χ0n) is 5.74. The largest absolute Gasteiger partial charge is 0.286 e. The fourth-order valence-electron chi connectivity index (χ4n) is 0.814. The molecule has 0 aliphatic heterocycles. The van der Waals surface area contributed by atoms with Crippen molar-refractivity contribution in [1.29, 1.82) is 0 Å². The minimum atomic E-state index is -0.329. The zero-order chi connectivity index (χ0) is 7.56. The van der Waals surface area contributed by atoms with Gasteiger partial charge in [0.25, 0.3) is 5.91 Å². The molecule has 3 heteroatoms. The van der Waals surface area contributed by atoms with Crippen molar-refractivity contribution < 1.29 is 10.0 Å². The number of hydrogen-bond acceptors (Lipinski definition) is 2. The van der Waals surface area contributed by atoms with Crippen molar-refractivity contribution in [2.75, 3.05) is 7.05 Å². The summed E-state index contributed by atoms with van der Waals surface area (Å²) in [5, 5.41) is 9.29. The average Bonchev–Trinajstić information content (AvgIpc) is 2.36. The number of carbonyl (C=O) groups is 1. The maximum absolute atomic E-state index is 10.9. The van der Waals surface area contributed by atoms with Gasteiger partial charge in [-0.3, -0.25) is 10.0 Å². The van der Waals surface area contributed by atoms with E-state index in [4.69, 9.17) is 5.21 Å². The monoisotopic (exact) mass is 139 g/mol. The van der Waals surface area contributed by atoms with Crippen molar-refractivity contribution in [3.05, 3.63) is 23.8 Å². The first-order chi connectivity index (χ1) is 4.72. The van der Waals surface area contributed by atoms with Crippen LogP contribution in [0.5, 0.6) is 0 Å². The molecule has 1 aliphatic rings. The lowest BCUT2D eigenvalue weighted by Gasteiger charge is -2.07. The number of likely N-dealkylation sites (N-methyl/N-ethyl adjacent to an activating group) is 1. The first-order valence-corrected chi connectivity index (χ1v) is 3.04. The third-order valence-corrected chi connectivity index (χ3v) is 1.34. The molecule has 0 unspecified atom stereocenters. The van der Waals surface area contributed by atoms with Gasteiger partial charge >= 0.3 is 0 Å². The molecule has 0 spiro atoms. The van der Waals surface area contributed by atoms with Crippen LogP contribution in [0.4, 0.5) is 0 Å². The second-order valence-electron chi connectivity index (χ2n) is 2.15. The number of hydrogen-bond donors (Lipinski definition) is 1. The summed E-state index contributed by atoms with van der Waals surface area (Å²) in [6.07, 6.45) is 6.01. The fraction of sp³-hybridized carbons (Fsp3) is 0.286. The summed E-state index contributed by atoms with van der Waals surface area (Å²) < 4.78 is 0. The fourth-order valence-corrected chi connectivity index (χ4v) is 0.814. The second kappa shape index (κ2) is 2.66. The van der Waals surface area contributed by atoms with Crippen LogP contribution in [0.1, 0.15) is 6.42 Å². The van der Waals surface area contributed by atoms with Crippen LogP contribution in [0.15, 0.2) is 23.8 Å². The van der Waals surface area contributed by atoms with Gasteiger partial charge in [0, 0.05) is 12.6 Å².